The topological polar surface area (TPSA) is 29.3 Å². The van der Waals surface area contributed by atoms with E-state index in [0.717, 1.165) is 0 Å². The molecule has 0 aromatic heterocycles. The number of nitrogens with zero attached hydrogens (tertiary/aromatic N) is 1. The van der Waals surface area contributed by atoms with Gasteiger partial charge in [-0.05, 0) is 50.3 Å². The van der Waals surface area contributed by atoms with E-state index in [1.54, 1.807) is 19.9 Å². The molecule has 0 aliphatic carbocycles. The molecule has 0 bridgehead atoms. The molecule has 1 aromatic rings. The van der Waals surface area contributed by atoms with Crippen molar-refractivity contribution in [1.82, 2.24) is 4.90 Å². The zero-order valence-electron chi connectivity index (χ0n) is 13.1. The van der Waals surface area contributed by atoms with Gasteiger partial charge in [-0.3, -0.25) is 4.90 Å². The van der Waals surface area contributed by atoms with E-state index in [2.05, 4.69) is 0 Å². The fourth-order valence-electron chi connectivity index (χ4n) is 3.48. The van der Waals surface area contributed by atoms with Crippen LogP contribution in [0.25, 0.3) is 0 Å². The first-order chi connectivity index (χ1) is 10.6. The van der Waals surface area contributed by atoms with E-state index in [9.17, 15) is 17.6 Å². The molecule has 7 heteroatoms. The molecule has 0 radical (unpaired) electrons. The smallest absolute Gasteiger partial charge is 0.324 e. The van der Waals surface area contributed by atoms with Gasteiger partial charge in [0.2, 0.25) is 0 Å². The van der Waals surface area contributed by atoms with Gasteiger partial charge in [-0.15, -0.1) is 0 Å². The Bertz CT molecular complexity index is 537. The summed E-state index contributed by atoms with van der Waals surface area (Å²) in [6, 6.07) is 3.55. The molecule has 2 N–H and O–H groups in total. The molecule has 130 valence electrons. The molecule has 1 unspecified atom stereocenters. The number of likely N-dealkylation sites (tertiary alicyclic amines) is 1. The summed E-state index contributed by atoms with van der Waals surface area (Å²) in [5.41, 5.74) is 6.98. The number of nitrogens with two attached hydrogens (primary N) is 1. The molecular weight excluding hydrogens is 332 g/mol. The summed E-state index contributed by atoms with van der Waals surface area (Å²) in [5.74, 6) is -0.477. The second-order valence-electron chi connectivity index (χ2n) is 6.42. The van der Waals surface area contributed by atoms with Gasteiger partial charge < -0.3 is 5.73 Å². The fourth-order valence-corrected chi connectivity index (χ4v) is 3.67. The summed E-state index contributed by atoms with van der Waals surface area (Å²) in [4.78, 5) is 1.47. The largest absolute Gasteiger partial charge is 0.401 e. The molecule has 2 nitrogen and oxygen atoms in total. The maximum absolute atomic E-state index is 13.3. The molecule has 23 heavy (non-hydrogen) atoms. The first-order valence-electron chi connectivity index (χ1n) is 7.61. The lowest BCUT2D eigenvalue weighted by atomic mass is 9.80. The van der Waals surface area contributed by atoms with Crippen molar-refractivity contribution in [3.8, 4) is 0 Å². The lowest BCUT2D eigenvalue weighted by Crippen LogP contribution is -2.51. The molecule has 0 amide bonds. The van der Waals surface area contributed by atoms with Gasteiger partial charge in [-0.1, -0.05) is 17.7 Å². The maximum Gasteiger partial charge on any atom is 0.401 e. The molecule has 1 heterocycles. The summed E-state index contributed by atoms with van der Waals surface area (Å²) in [6.45, 7) is 2.68. The van der Waals surface area contributed by atoms with Crippen molar-refractivity contribution in [2.45, 2.75) is 51.0 Å². The zero-order chi connectivity index (χ0) is 17.4. The minimum Gasteiger partial charge on any atom is -0.324 e. The van der Waals surface area contributed by atoms with E-state index in [1.807, 2.05) is 0 Å². The third kappa shape index (κ3) is 4.58. The first-order valence-corrected chi connectivity index (χ1v) is 7.99. The zero-order valence-corrected chi connectivity index (χ0v) is 13.8. The number of halogens is 5. The van der Waals surface area contributed by atoms with E-state index in [-0.39, 0.29) is 29.1 Å². The van der Waals surface area contributed by atoms with Crippen LogP contribution in [-0.2, 0) is 0 Å². The third-order valence-electron chi connectivity index (χ3n) is 4.62. The number of hydrogen-bond acceptors (Lipinski definition) is 2. The van der Waals surface area contributed by atoms with Crippen molar-refractivity contribution in [3.63, 3.8) is 0 Å². The molecule has 4 atom stereocenters. The molecule has 1 aromatic carbocycles. The molecule has 2 rings (SSSR count). The highest BCUT2D eigenvalue weighted by Crippen LogP contribution is 2.37. The lowest BCUT2D eigenvalue weighted by molar-refractivity contribution is -0.161. The summed E-state index contributed by atoms with van der Waals surface area (Å²) in [6.07, 6.45) is -3.07. The van der Waals surface area contributed by atoms with Crippen LogP contribution in [0.5, 0.6) is 0 Å². The molecule has 0 spiro atoms. The summed E-state index contributed by atoms with van der Waals surface area (Å²) in [7, 11) is 0. The van der Waals surface area contributed by atoms with Crippen LogP contribution < -0.4 is 5.73 Å². The van der Waals surface area contributed by atoms with Crippen LogP contribution >= 0.6 is 11.6 Å². The van der Waals surface area contributed by atoms with Crippen LogP contribution in [0, 0.1) is 11.7 Å². The molecule has 1 fully saturated rings. The number of hydrogen-bond donors (Lipinski definition) is 1. The average Bonchev–Trinajstić information content (AvgIpc) is 2.44. The van der Waals surface area contributed by atoms with E-state index in [0.29, 0.717) is 18.4 Å². The fraction of sp³-hybridized carbons (Fsp3) is 0.625. The van der Waals surface area contributed by atoms with Crippen molar-refractivity contribution in [2.75, 3.05) is 6.54 Å². The SMILES string of the molecule is C[C@@H]1C[C@H](C(N)c2ccc(F)c(Cl)c2)C[C@H](C)N1CC(F)(F)F. The van der Waals surface area contributed by atoms with Crippen LogP contribution in [0.15, 0.2) is 18.2 Å². The van der Waals surface area contributed by atoms with E-state index < -0.39 is 18.5 Å². The van der Waals surface area contributed by atoms with Crippen molar-refractivity contribution in [3.05, 3.63) is 34.6 Å². The summed E-state index contributed by atoms with van der Waals surface area (Å²) < 4.78 is 51.3. The third-order valence-corrected chi connectivity index (χ3v) is 4.91. The van der Waals surface area contributed by atoms with Crippen LogP contribution in [0.2, 0.25) is 5.02 Å². The normalized spacial score (nSPS) is 27.9. The van der Waals surface area contributed by atoms with Gasteiger partial charge in [0.1, 0.15) is 5.82 Å². The Morgan fingerprint density at radius 1 is 1.26 bits per heavy atom. The maximum atomic E-state index is 13.3. The second-order valence-corrected chi connectivity index (χ2v) is 6.82. The quantitative estimate of drug-likeness (QED) is 0.810. The number of piperidine rings is 1. The Morgan fingerprint density at radius 3 is 2.30 bits per heavy atom. The number of benzene rings is 1. The monoisotopic (exact) mass is 352 g/mol. The van der Waals surface area contributed by atoms with Crippen molar-refractivity contribution in [2.24, 2.45) is 11.7 Å². The van der Waals surface area contributed by atoms with Gasteiger partial charge in [-0.2, -0.15) is 13.2 Å². The number of alkyl halides is 3. The Kier molecular flexibility index (Phi) is 5.59. The van der Waals surface area contributed by atoms with Crippen LogP contribution in [0.1, 0.15) is 38.3 Å². The van der Waals surface area contributed by atoms with E-state index >= 15 is 0 Å². The molecular formula is C16H21ClF4N2. The Labute approximate surface area is 138 Å². The molecule has 1 saturated heterocycles. The van der Waals surface area contributed by atoms with Gasteiger partial charge >= 0.3 is 6.18 Å². The van der Waals surface area contributed by atoms with Gasteiger partial charge in [0.05, 0.1) is 11.6 Å². The summed E-state index contributed by atoms with van der Waals surface area (Å²) in [5, 5.41) is 0.00792. The molecule has 1 aliphatic heterocycles. The van der Waals surface area contributed by atoms with Gasteiger partial charge in [0.15, 0.2) is 0 Å². The van der Waals surface area contributed by atoms with Gasteiger partial charge in [-0.25, -0.2) is 4.39 Å². The van der Waals surface area contributed by atoms with Crippen molar-refractivity contribution in [1.29, 1.82) is 0 Å². The average molecular weight is 353 g/mol. The minimum absolute atomic E-state index is 0.00792. The predicted molar refractivity (Wildman–Crippen MR) is 82.7 cm³/mol. The highest BCUT2D eigenvalue weighted by atomic mass is 35.5. The first kappa shape index (κ1) is 18.5. The minimum atomic E-state index is -4.21. The Hall–Kier alpha value is -0.850. The van der Waals surface area contributed by atoms with Crippen molar-refractivity contribution < 1.29 is 17.6 Å². The van der Waals surface area contributed by atoms with Gasteiger partial charge in [0, 0.05) is 18.1 Å². The molecule has 1 aliphatic rings. The highest BCUT2D eigenvalue weighted by Gasteiger charge is 2.40. The predicted octanol–water partition coefficient (Wildman–Crippen LogP) is 4.53. The highest BCUT2D eigenvalue weighted by molar-refractivity contribution is 6.30. The Balaban J connectivity index is 2.09. The lowest BCUT2D eigenvalue weighted by Gasteiger charge is -2.44. The summed E-state index contributed by atoms with van der Waals surface area (Å²) >= 11 is 5.79. The van der Waals surface area contributed by atoms with Crippen molar-refractivity contribution >= 4 is 11.6 Å². The molecule has 0 saturated carbocycles. The second kappa shape index (κ2) is 6.95. The van der Waals surface area contributed by atoms with Crippen LogP contribution in [-0.4, -0.2) is 29.7 Å². The van der Waals surface area contributed by atoms with E-state index in [1.165, 1.54) is 17.0 Å². The number of rotatable bonds is 3. The standard InChI is InChI=1S/C16H21ClF4N2/c1-9-5-12(6-10(2)23(9)8-16(19,20)21)15(22)11-3-4-14(18)13(17)7-11/h3-4,7,9-10,12,15H,5-6,8,22H2,1-2H3/t9-,10+,12+,15?. The van der Waals surface area contributed by atoms with Crippen LogP contribution in [0.4, 0.5) is 17.6 Å². The van der Waals surface area contributed by atoms with Gasteiger partial charge in [0.25, 0.3) is 0 Å². The van der Waals surface area contributed by atoms with Crippen LogP contribution in [0.3, 0.4) is 0 Å². The Morgan fingerprint density at radius 2 is 1.83 bits per heavy atom. The van der Waals surface area contributed by atoms with E-state index in [4.69, 9.17) is 17.3 Å².